The second-order valence-electron chi connectivity index (χ2n) is 8.55. The third-order valence-corrected chi connectivity index (χ3v) is 8.32. The number of sulfonamides is 2. The lowest BCUT2D eigenvalue weighted by Gasteiger charge is -2.36. The number of nitrogens with zero attached hydrogens (tertiary/aromatic N) is 1. The first kappa shape index (κ1) is 21.7. The van der Waals surface area contributed by atoms with Crippen molar-refractivity contribution in [1.29, 1.82) is 0 Å². The lowest BCUT2D eigenvalue weighted by Crippen LogP contribution is -2.46. The topological polar surface area (TPSA) is 95.6 Å². The summed E-state index contributed by atoms with van der Waals surface area (Å²) >= 11 is 0. The van der Waals surface area contributed by atoms with Crippen LogP contribution < -0.4 is 9.44 Å². The van der Waals surface area contributed by atoms with Crippen molar-refractivity contribution in [1.82, 2.24) is 14.3 Å². The molecular formula is C19H31N3O4S2. The number of likely N-dealkylation sites (tertiary alicyclic amines) is 1. The zero-order chi connectivity index (χ0) is 20.5. The van der Waals surface area contributed by atoms with Crippen molar-refractivity contribution in [3.05, 3.63) is 24.3 Å². The van der Waals surface area contributed by atoms with E-state index in [-0.39, 0.29) is 21.9 Å². The maximum atomic E-state index is 12.7. The summed E-state index contributed by atoms with van der Waals surface area (Å²) in [6.07, 6.45) is 2.91. The van der Waals surface area contributed by atoms with E-state index in [0.717, 1.165) is 25.9 Å². The molecule has 2 N–H and O–H groups in total. The molecule has 1 heterocycles. The number of nitrogens with one attached hydrogen (secondary N) is 2. The van der Waals surface area contributed by atoms with Gasteiger partial charge in [-0.3, -0.25) is 0 Å². The van der Waals surface area contributed by atoms with Gasteiger partial charge in [0.2, 0.25) is 20.0 Å². The van der Waals surface area contributed by atoms with Gasteiger partial charge in [0, 0.05) is 31.7 Å². The van der Waals surface area contributed by atoms with E-state index in [1.807, 2.05) is 6.92 Å². The molecule has 0 amide bonds. The number of hydrogen-bond acceptors (Lipinski definition) is 5. The Hall–Kier alpha value is -1.00. The Morgan fingerprint density at radius 3 is 1.96 bits per heavy atom. The van der Waals surface area contributed by atoms with Gasteiger partial charge in [0.25, 0.3) is 0 Å². The van der Waals surface area contributed by atoms with Crippen molar-refractivity contribution in [2.45, 2.75) is 61.9 Å². The third kappa shape index (κ3) is 5.76. The molecule has 158 valence electrons. The van der Waals surface area contributed by atoms with Gasteiger partial charge in [0.15, 0.2) is 0 Å². The SMILES string of the molecule is CC1CC(C)CN(CC(C)NS(=O)(=O)c2ccc(S(=O)(=O)NC3CC3)cc2)C1. The molecule has 1 aliphatic heterocycles. The molecule has 2 aliphatic rings. The summed E-state index contributed by atoms with van der Waals surface area (Å²) in [4.78, 5) is 2.47. The minimum Gasteiger partial charge on any atom is -0.301 e. The second-order valence-corrected chi connectivity index (χ2v) is 12.0. The maximum absolute atomic E-state index is 12.7. The van der Waals surface area contributed by atoms with Crippen LogP contribution in [0.2, 0.25) is 0 Å². The van der Waals surface area contributed by atoms with Crippen molar-refractivity contribution in [3.63, 3.8) is 0 Å². The van der Waals surface area contributed by atoms with Crippen LogP contribution in [0.3, 0.4) is 0 Å². The normalized spacial score (nSPS) is 25.5. The van der Waals surface area contributed by atoms with Gasteiger partial charge in [-0.1, -0.05) is 13.8 Å². The van der Waals surface area contributed by atoms with Crippen molar-refractivity contribution >= 4 is 20.0 Å². The molecule has 0 bridgehead atoms. The molecule has 9 heteroatoms. The van der Waals surface area contributed by atoms with Crippen molar-refractivity contribution in [2.24, 2.45) is 11.8 Å². The van der Waals surface area contributed by atoms with Crippen molar-refractivity contribution < 1.29 is 16.8 Å². The van der Waals surface area contributed by atoms with Crippen LogP contribution in [0.25, 0.3) is 0 Å². The highest BCUT2D eigenvalue weighted by atomic mass is 32.2. The largest absolute Gasteiger partial charge is 0.301 e. The van der Waals surface area contributed by atoms with E-state index in [1.54, 1.807) is 0 Å². The van der Waals surface area contributed by atoms with Crippen LogP contribution in [0.5, 0.6) is 0 Å². The third-order valence-electron chi connectivity index (χ3n) is 5.18. The molecule has 3 rings (SSSR count). The van der Waals surface area contributed by atoms with Gasteiger partial charge in [-0.05, 0) is 62.3 Å². The molecule has 3 atom stereocenters. The molecule has 1 aromatic carbocycles. The van der Waals surface area contributed by atoms with Crippen LogP contribution in [0.4, 0.5) is 0 Å². The molecular weight excluding hydrogens is 398 g/mol. The Morgan fingerprint density at radius 1 is 0.964 bits per heavy atom. The smallest absolute Gasteiger partial charge is 0.240 e. The predicted octanol–water partition coefficient (Wildman–Crippen LogP) is 1.77. The fraction of sp³-hybridized carbons (Fsp3) is 0.684. The van der Waals surface area contributed by atoms with E-state index < -0.39 is 20.0 Å². The Labute approximate surface area is 169 Å². The first-order valence-electron chi connectivity index (χ1n) is 9.92. The summed E-state index contributed by atoms with van der Waals surface area (Å²) in [7, 11) is -7.29. The minimum atomic E-state index is -3.70. The van der Waals surface area contributed by atoms with E-state index in [4.69, 9.17) is 0 Å². The van der Waals surface area contributed by atoms with Crippen LogP contribution in [-0.4, -0.2) is 53.5 Å². The van der Waals surface area contributed by atoms with Gasteiger partial charge < -0.3 is 4.90 Å². The zero-order valence-corrected chi connectivity index (χ0v) is 18.4. The molecule has 1 saturated carbocycles. The molecule has 0 radical (unpaired) electrons. The molecule has 28 heavy (non-hydrogen) atoms. The maximum Gasteiger partial charge on any atom is 0.240 e. The summed E-state index contributed by atoms with van der Waals surface area (Å²) in [5.74, 6) is 1.23. The van der Waals surface area contributed by atoms with Crippen LogP contribution >= 0.6 is 0 Å². The number of benzene rings is 1. The first-order chi connectivity index (χ1) is 13.0. The van der Waals surface area contributed by atoms with Gasteiger partial charge in [0.1, 0.15) is 0 Å². The van der Waals surface area contributed by atoms with E-state index in [2.05, 4.69) is 28.2 Å². The lowest BCUT2D eigenvalue weighted by molar-refractivity contribution is 0.134. The average Bonchev–Trinajstić information content (AvgIpc) is 3.36. The van der Waals surface area contributed by atoms with Crippen LogP contribution in [-0.2, 0) is 20.0 Å². The highest BCUT2D eigenvalue weighted by Crippen LogP contribution is 2.23. The predicted molar refractivity (Wildman–Crippen MR) is 109 cm³/mol. The highest BCUT2D eigenvalue weighted by molar-refractivity contribution is 7.90. The van der Waals surface area contributed by atoms with E-state index in [0.29, 0.717) is 18.4 Å². The Balaban J connectivity index is 1.62. The summed E-state index contributed by atoms with van der Waals surface area (Å²) in [6.45, 7) is 8.94. The Kier molecular flexibility index (Phi) is 6.51. The van der Waals surface area contributed by atoms with Gasteiger partial charge in [-0.25, -0.2) is 26.3 Å². The van der Waals surface area contributed by atoms with Crippen LogP contribution in [0.15, 0.2) is 34.1 Å². The number of hydrogen-bond donors (Lipinski definition) is 2. The second kappa shape index (κ2) is 8.39. The Bertz CT molecular complexity index is 870. The molecule has 2 fully saturated rings. The fourth-order valence-electron chi connectivity index (χ4n) is 3.99. The Morgan fingerprint density at radius 2 is 1.46 bits per heavy atom. The number of rotatable bonds is 8. The summed E-state index contributed by atoms with van der Waals surface area (Å²) < 4.78 is 55.1. The van der Waals surface area contributed by atoms with Gasteiger partial charge >= 0.3 is 0 Å². The quantitative estimate of drug-likeness (QED) is 0.657. The fourth-order valence-corrected chi connectivity index (χ4v) is 6.52. The van der Waals surface area contributed by atoms with Crippen molar-refractivity contribution in [2.75, 3.05) is 19.6 Å². The number of piperidine rings is 1. The van der Waals surface area contributed by atoms with E-state index in [1.165, 1.54) is 30.7 Å². The van der Waals surface area contributed by atoms with Gasteiger partial charge in [0.05, 0.1) is 9.79 Å². The molecule has 1 aromatic rings. The van der Waals surface area contributed by atoms with Crippen LogP contribution in [0.1, 0.15) is 40.0 Å². The zero-order valence-electron chi connectivity index (χ0n) is 16.8. The van der Waals surface area contributed by atoms with Gasteiger partial charge in [-0.15, -0.1) is 0 Å². The molecule has 3 unspecified atom stereocenters. The molecule has 1 saturated heterocycles. The standard InChI is InChI=1S/C19H31N3O4S2/c1-14-10-15(2)12-22(11-14)13-16(3)20-27(23,24)18-6-8-19(9-7-18)28(25,26)21-17-4-5-17/h6-9,14-17,20-21H,4-5,10-13H2,1-3H3. The lowest BCUT2D eigenvalue weighted by atomic mass is 9.92. The summed E-state index contributed by atoms with van der Waals surface area (Å²) in [5, 5.41) is 0. The summed E-state index contributed by atoms with van der Waals surface area (Å²) in [6, 6.07) is 5.16. The van der Waals surface area contributed by atoms with E-state index in [9.17, 15) is 16.8 Å². The molecule has 0 aromatic heterocycles. The van der Waals surface area contributed by atoms with Gasteiger partial charge in [-0.2, -0.15) is 0 Å². The van der Waals surface area contributed by atoms with Crippen molar-refractivity contribution in [3.8, 4) is 0 Å². The van der Waals surface area contributed by atoms with E-state index >= 15 is 0 Å². The first-order valence-corrected chi connectivity index (χ1v) is 12.9. The molecule has 1 aliphatic carbocycles. The highest BCUT2D eigenvalue weighted by Gasteiger charge is 2.29. The molecule has 7 nitrogen and oxygen atoms in total. The minimum absolute atomic E-state index is 0.0103. The average molecular weight is 430 g/mol. The molecule has 0 spiro atoms. The van der Waals surface area contributed by atoms with Crippen LogP contribution in [0, 0.1) is 11.8 Å². The monoisotopic (exact) mass is 429 g/mol. The summed E-state index contributed by atoms with van der Waals surface area (Å²) in [5.41, 5.74) is 0.